The molecule has 0 bridgehead atoms. The van der Waals surface area contributed by atoms with Gasteiger partial charge in [0.15, 0.2) is 0 Å². The highest BCUT2D eigenvalue weighted by Crippen LogP contribution is 2.23. The monoisotopic (exact) mass is 275 g/mol. The fourth-order valence-electron chi connectivity index (χ4n) is 1.72. The van der Waals surface area contributed by atoms with E-state index < -0.39 is 17.0 Å². The zero-order valence-corrected chi connectivity index (χ0v) is 11.0. The van der Waals surface area contributed by atoms with Crippen LogP contribution in [0.25, 0.3) is 0 Å². The Kier molecular flexibility index (Phi) is 3.84. The minimum absolute atomic E-state index is 0.0424. The highest BCUT2D eigenvalue weighted by molar-refractivity contribution is 5.86. The molecule has 0 radical (unpaired) electrons. The molecule has 0 saturated heterocycles. The number of hydrogen-bond donors (Lipinski definition) is 0. The van der Waals surface area contributed by atoms with Gasteiger partial charge in [-0.25, -0.2) is 4.79 Å². The molecular formula is C14H13NO5. The van der Waals surface area contributed by atoms with Crippen molar-refractivity contribution in [2.75, 3.05) is 0 Å². The summed E-state index contributed by atoms with van der Waals surface area (Å²) in [5.41, 5.74) is 0.509. The van der Waals surface area contributed by atoms with Crippen LogP contribution in [0.3, 0.4) is 0 Å². The second-order valence-corrected chi connectivity index (χ2v) is 4.31. The first kappa shape index (κ1) is 13.8. The largest absolute Gasteiger partial charge is 0.454 e. The van der Waals surface area contributed by atoms with Gasteiger partial charge in [0.1, 0.15) is 11.9 Å². The Labute approximate surface area is 115 Å². The van der Waals surface area contributed by atoms with E-state index in [4.69, 9.17) is 9.15 Å². The number of benzene rings is 1. The van der Waals surface area contributed by atoms with Crippen molar-refractivity contribution in [1.82, 2.24) is 0 Å². The van der Waals surface area contributed by atoms with Crippen molar-refractivity contribution in [2.24, 2.45) is 0 Å². The van der Waals surface area contributed by atoms with E-state index >= 15 is 0 Å². The summed E-state index contributed by atoms with van der Waals surface area (Å²) in [5, 5.41) is 10.7. The molecule has 1 heterocycles. The summed E-state index contributed by atoms with van der Waals surface area (Å²) in [6, 6.07) is 9.17. The molecular weight excluding hydrogens is 262 g/mol. The van der Waals surface area contributed by atoms with Crippen molar-refractivity contribution in [1.29, 1.82) is 0 Å². The molecule has 0 amide bonds. The van der Waals surface area contributed by atoms with Gasteiger partial charge in [0.05, 0.1) is 4.92 Å². The van der Waals surface area contributed by atoms with Crippen LogP contribution in [0.1, 0.15) is 34.9 Å². The second-order valence-electron chi connectivity index (χ2n) is 4.31. The molecule has 1 aromatic carbocycles. The first-order valence-corrected chi connectivity index (χ1v) is 5.99. The third-order valence-corrected chi connectivity index (χ3v) is 2.78. The normalized spacial score (nSPS) is 11.9. The molecule has 6 heteroatoms. The SMILES string of the molecule is Cc1ccc(C(=O)OC(C)c2cccc([N+](=O)[O-])c2)o1. The Balaban J connectivity index is 2.12. The average Bonchev–Trinajstić information content (AvgIpc) is 2.85. The van der Waals surface area contributed by atoms with Gasteiger partial charge in [0, 0.05) is 12.1 Å². The molecule has 0 fully saturated rings. The van der Waals surface area contributed by atoms with Gasteiger partial charge in [0.2, 0.25) is 5.76 Å². The summed E-state index contributed by atoms with van der Waals surface area (Å²) in [6.45, 7) is 3.37. The van der Waals surface area contributed by atoms with E-state index in [1.807, 2.05) is 0 Å². The number of rotatable bonds is 4. The molecule has 0 aliphatic heterocycles. The lowest BCUT2D eigenvalue weighted by Crippen LogP contribution is -2.08. The second kappa shape index (κ2) is 5.56. The Morgan fingerprint density at radius 3 is 2.70 bits per heavy atom. The summed E-state index contributed by atoms with van der Waals surface area (Å²) in [5.74, 6) is 0.122. The highest BCUT2D eigenvalue weighted by atomic mass is 16.6. The molecule has 104 valence electrons. The summed E-state index contributed by atoms with van der Waals surface area (Å²) in [7, 11) is 0. The van der Waals surface area contributed by atoms with E-state index in [2.05, 4.69) is 0 Å². The minimum Gasteiger partial charge on any atom is -0.454 e. The maximum Gasteiger partial charge on any atom is 0.374 e. The molecule has 2 aromatic rings. The quantitative estimate of drug-likeness (QED) is 0.485. The zero-order valence-electron chi connectivity index (χ0n) is 11.0. The fraction of sp³-hybridized carbons (Fsp3) is 0.214. The molecule has 20 heavy (non-hydrogen) atoms. The van der Waals surface area contributed by atoms with E-state index in [9.17, 15) is 14.9 Å². The van der Waals surface area contributed by atoms with Gasteiger partial charge >= 0.3 is 5.97 Å². The number of nitro groups is 1. The zero-order chi connectivity index (χ0) is 14.7. The number of nitrogens with zero attached hydrogens (tertiary/aromatic N) is 1. The lowest BCUT2D eigenvalue weighted by molar-refractivity contribution is -0.385. The third kappa shape index (κ3) is 3.03. The van der Waals surface area contributed by atoms with Crippen molar-refractivity contribution in [3.63, 3.8) is 0 Å². The van der Waals surface area contributed by atoms with Crippen LogP contribution in [0.4, 0.5) is 5.69 Å². The highest BCUT2D eigenvalue weighted by Gasteiger charge is 2.18. The first-order chi connectivity index (χ1) is 9.47. The summed E-state index contributed by atoms with van der Waals surface area (Å²) < 4.78 is 10.4. The Morgan fingerprint density at radius 1 is 1.35 bits per heavy atom. The fourth-order valence-corrected chi connectivity index (χ4v) is 1.72. The maximum absolute atomic E-state index is 11.8. The molecule has 2 rings (SSSR count). The van der Waals surface area contributed by atoms with Crippen molar-refractivity contribution in [3.8, 4) is 0 Å². The topological polar surface area (TPSA) is 82.6 Å². The molecule has 0 aliphatic carbocycles. The van der Waals surface area contributed by atoms with Crippen molar-refractivity contribution < 1.29 is 18.9 Å². The van der Waals surface area contributed by atoms with E-state index in [0.29, 0.717) is 11.3 Å². The van der Waals surface area contributed by atoms with Crippen LogP contribution >= 0.6 is 0 Å². The maximum atomic E-state index is 11.8. The predicted octanol–water partition coefficient (Wildman–Crippen LogP) is 3.41. The van der Waals surface area contributed by atoms with E-state index in [-0.39, 0.29) is 11.4 Å². The molecule has 0 spiro atoms. The smallest absolute Gasteiger partial charge is 0.374 e. The Hall–Kier alpha value is -2.63. The number of ether oxygens (including phenoxy) is 1. The van der Waals surface area contributed by atoms with Gasteiger partial charge in [-0.15, -0.1) is 0 Å². The molecule has 1 atom stereocenters. The van der Waals surface area contributed by atoms with Crippen molar-refractivity contribution in [3.05, 3.63) is 63.6 Å². The molecule has 0 N–H and O–H groups in total. The van der Waals surface area contributed by atoms with E-state index in [1.54, 1.807) is 32.0 Å². The van der Waals surface area contributed by atoms with Crippen LogP contribution in [-0.2, 0) is 4.74 Å². The van der Waals surface area contributed by atoms with E-state index in [1.165, 1.54) is 18.2 Å². The predicted molar refractivity (Wildman–Crippen MR) is 70.4 cm³/mol. The average molecular weight is 275 g/mol. The number of esters is 1. The van der Waals surface area contributed by atoms with Gasteiger partial charge in [-0.3, -0.25) is 10.1 Å². The van der Waals surface area contributed by atoms with Crippen LogP contribution in [0, 0.1) is 17.0 Å². The van der Waals surface area contributed by atoms with Crippen LogP contribution in [0.2, 0.25) is 0 Å². The van der Waals surface area contributed by atoms with Gasteiger partial charge in [-0.2, -0.15) is 0 Å². The number of nitro benzene ring substituents is 1. The Bertz CT molecular complexity index is 647. The summed E-state index contributed by atoms with van der Waals surface area (Å²) in [6.07, 6.45) is -0.604. The number of carbonyl (C=O) groups excluding carboxylic acids is 1. The number of carbonyl (C=O) groups is 1. The molecule has 6 nitrogen and oxygen atoms in total. The number of furan rings is 1. The molecule has 0 saturated carbocycles. The van der Waals surface area contributed by atoms with Crippen LogP contribution < -0.4 is 0 Å². The minimum atomic E-state index is -0.604. The van der Waals surface area contributed by atoms with Crippen molar-refractivity contribution in [2.45, 2.75) is 20.0 Å². The number of aryl methyl sites for hydroxylation is 1. The van der Waals surface area contributed by atoms with Crippen LogP contribution in [-0.4, -0.2) is 10.9 Å². The van der Waals surface area contributed by atoms with E-state index in [0.717, 1.165) is 0 Å². The lowest BCUT2D eigenvalue weighted by atomic mass is 10.1. The molecule has 1 unspecified atom stereocenters. The van der Waals surface area contributed by atoms with Gasteiger partial charge in [0.25, 0.3) is 5.69 Å². The third-order valence-electron chi connectivity index (χ3n) is 2.78. The van der Waals surface area contributed by atoms with Crippen LogP contribution in [0.5, 0.6) is 0 Å². The summed E-state index contributed by atoms with van der Waals surface area (Å²) >= 11 is 0. The number of hydrogen-bond acceptors (Lipinski definition) is 5. The van der Waals surface area contributed by atoms with Gasteiger partial charge < -0.3 is 9.15 Å². The Morgan fingerprint density at radius 2 is 2.10 bits per heavy atom. The standard InChI is InChI=1S/C14H13NO5/c1-9-6-7-13(19-9)14(16)20-10(2)11-4-3-5-12(8-11)15(17)18/h3-8,10H,1-2H3. The number of non-ortho nitro benzene ring substituents is 1. The lowest BCUT2D eigenvalue weighted by Gasteiger charge is -2.12. The summed E-state index contributed by atoms with van der Waals surface area (Å²) in [4.78, 5) is 22.0. The van der Waals surface area contributed by atoms with Crippen LogP contribution in [0.15, 0.2) is 40.8 Å². The van der Waals surface area contributed by atoms with Gasteiger partial charge in [-0.05, 0) is 31.5 Å². The van der Waals surface area contributed by atoms with Crippen molar-refractivity contribution >= 4 is 11.7 Å². The molecule has 0 aliphatic rings. The first-order valence-electron chi connectivity index (χ1n) is 5.99. The van der Waals surface area contributed by atoms with Gasteiger partial charge in [-0.1, -0.05) is 12.1 Å². The molecule has 1 aromatic heterocycles.